The maximum atomic E-state index is 12.2. The van der Waals surface area contributed by atoms with E-state index in [1.54, 1.807) is 0 Å². The van der Waals surface area contributed by atoms with Gasteiger partial charge in [0.25, 0.3) is 0 Å². The molecule has 2 aromatic carbocycles. The summed E-state index contributed by atoms with van der Waals surface area (Å²) >= 11 is 0. The Morgan fingerprint density at radius 1 is 1.00 bits per heavy atom. The van der Waals surface area contributed by atoms with Gasteiger partial charge in [-0.1, -0.05) is 42.5 Å². The maximum absolute atomic E-state index is 12.2. The quantitative estimate of drug-likeness (QED) is 0.340. The van der Waals surface area contributed by atoms with Crippen molar-refractivity contribution in [2.45, 2.75) is 32.9 Å². The Hall–Kier alpha value is -3.74. The summed E-state index contributed by atoms with van der Waals surface area (Å²) in [5.74, 6) is 0.595. The zero-order valence-electron chi connectivity index (χ0n) is 19.2. The third kappa shape index (κ3) is 4.38. The first-order valence-electron chi connectivity index (χ1n) is 11.3. The number of aliphatic hydroxyl groups excluding tert-OH is 1. The van der Waals surface area contributed by atoms with E-state index in [2.05, 4.69) is 22.4 Å². The van der Waals surface area contributed by atoms with Crippen LogP contribution in [0.15, 0.2) is 80.5 Å². The fourth-order valence-electron chi connectivity index (χ4n) is 4.30. The van der Waals surface area contributed by atoms with E-state index >= 15 is 0 Å². The normalized spacial score (nSPS) is 12.4. The molecule has 0 radical (unpaired) electrons. The summed E-state index contributed by atoms with van der Waals surface area (Å²) in [6.45, 7) is 4.41. The number of benzene rings is 2. The Balaban J connectivity index is 1.49. The summed E-state index contributed by atoms with van der Waals surface area (Å²) in [5.41, 5.74) is 5.41. The van der Waals surface area contributed by atoms with Gasteiger partial charge < -0.3 is 19.3 Å². The van der Waals surface area contributed by atoms with E-state index < -0.39 is 5.63 Å². The van der Waals surface area contributed by atoms with Crippen LogP contribution in [0.4, 0.5) is 0 Å². The Morgan fingerprint density at radius 2 is 1.82 bits per heavy atom. The lowest BCUT2D eigenvalue weighted by Gasteiger charge is -2.16. The number of aryl methyl sites for hydroxylation is 2. The highest BCUT2D eigenvalue weighted by atomic mass is 16.4. The van der Waals surface area contributed by atoms with Crippen molar-refractivity contribution in [2.75, 3.05) is 6.61 Å². The Morgan fingerprint density at radius 3 is 2.62 bits per heavy atom. The second-order valence-electron chi connectivity index (χ2n) is 8.65. The number of nitrogens with one attached hydrogen (secondary N) is 1. The third-order valence-electron chi connectivity index (χ3n) is 6.11. The predicted octanol–water partition coefficient (Wildman–Crippen LogP) is 4.91. The van der Waals surface area contributed by atoms with Gasteiger partial charge in [-0.2, -0.15) is 0 Å². The van der Waals surface area contributed by atoms with Gasteiger partial charge >= 0.3 is 5.63 Å². The molecule has 0 unspecified atom stereocenters. The molecule has 0 spiro atoms. The molecule has 3 aromatic heterocycles. The van der Waals surface area contributed by atoms with Crippen LogP contribution in [-0.2, 0) is 13.0 Å². The summed E-state index contributed by atoms with van der Waals surface area (Å²) < 4.78 is 11.6. The molecule has 6 nitrogen and oxygen atoms in total. The average Bonchev–Trinajstić information content (AvgIpc) is 3.29. The molecule has 0 saturated heterocycles. The zero-order chi connectivity index (χ0) is 23.7. The number of fused-ring (bicyclic) bond motifs is 2. The number of nitrogens with zero attached hydrogens (tertiary/aromatic N) is 1. The standard InChI is InChI=1S/C28H26N2O4/c1-17-8-9-22-24(13-27(32)33-25(22)10-17)26-12-23-20(14-29-18(2)28(23)34-26)15-30-21(16-31)11-19-6-4-3-5-7-19/h3-10,12-14,21,30-31H,11,15-16H2,1-2H3/t21-/m0/s1. The Kier molecular flexibility index (Phi) is 6.01. The lowest BCUT2D eigenvalue weighted by molar-refractivity contribution is 0.241. The fourth-order valence-corrected chi connectivity index (χ4v) is 4.30. The molecule has 2 N–H and O–H groups in total. The van der Waals surface area contributed by atoms with E-state index in [0.717, 1.165) is 39.6 Å². The van der Waals surface area contributed by atoms with Crippen LogP contribution in [0.1, 0.15) is 22.4 Å². The molecule has 1 atom stereocenters. The topological polar surface area (TPSA) is 88.5 Å². The minimum absolute atomic E-state index is 0.0269. The molecular formula is C28H26N2O4. The maximum Gasteiger partial charge on any atom is 0.336 e. The summed E-state index contributed by atoms with van der Waals surface area (Å²) in [5, 5.41) is 15.1. The lowest BCUT2D eigenvalue weighted by atomic mass is 10.0. The molecule has 0 bridgehead atoms. The number of rotatable bonds is 7. The van der Waals surface area contributed by atoms with Crippen molar-refractivity contribution in [3.63, 3.8) is 0 Å². The number of aromatic nitrogens is 1. The van der Waals surface area contributed by atoms with Gasteiger partial charge in [-0.25, -0.2) is 4.79 Å². The number of aliphatic hydroxyl groups is 1. The fraction of sp³-hybridized carbons (Fsp3) is 0.214. The summed E-state index contributed by atoms with van der Waals surface area (Å²) in [4.78, 5) is 16.8. The van der Waals surface area contributed by atoms with E-state index in [0.29, 0.717) is 29.0 Å². The van der Waals surface area contributed by atoms with Crippen LogP contribution in [0.3, 0.4) is 0 Å². The monoisotopic (exact) mass is 454 g/mol. The predicted molar refractivity (Wildman–Crippen MR) is 133 cm³/mol. The molecule has 5 aromatic rings. The van der Waals surface area contributed by atoms with Crippen molar-refractivity contribution in [1.82, 2.24) is 10.3 Å². The second-order valence-corrected chi connectivity index (χ2v) is 8.65. The van der Waals surface area contributed by atoms with Crippen LogP contribution < -0.4 is 10.9 Å². The van der Waals surface area contributed by atoms with Crippen LogP contribution in [0.2, 0.25) is 0 Å². The van der Waals surface area contributed by atoms with Crippen LogP contribution >= 0.6 is 0 Å². The molecule has 0 aliphatic carbocycles. The van der Waals surface area contributed by atoms with Crippen molar-refractivity contribution in [2.24, 2.45) is 0 Å². The van der Waals surface area contributed by atoms with E-state index in [1.807, 2.05) is 62.5 Å². The highest BCUT2D eigenvalue weighted by Gasteiger charge is 2.17. The lowest BCUT2D eigenvalue weighted by Crippen LogP contribution is -2.34. The molecule has 34 heavy (non-hydrogen) atoms. The highest BCUT2D eigenvalue weighted by Crippen LogP contribution is 2.34. The molecule has 0 aliphatic rings. The largest absolute Gasteiger partial charge is 0.454 e. The molecule has 0 aliphatic heterocycles. The van der Waals surface area contributed by atoms with E-state index in [1.165, 1.54) is 6.07 Å². The van der Waals surface area contributed by atoms with Gasteiger partial charge in [-0.15, -0.1) is 0 Å². The molecule has 5 rings (SSSR count). The van der Waals surface area contributed by atoms with Crippen molar-refractivity contribution >= 4 is 21.9 Å². The minimum Gasteiger partial charge on any atom is -0.454 e. The van der Waals surface area contributed by atoms with Gasteiger partial charge in [0.2, 0.25) is 0 Å². The van der Waals surface area contributed by atoms with Crippen molar-refractivity contribution < 1.29 is 13.9 Å². The Bertz CT molecular complexity index is 1520. The molecule has 3 heterocycles. The van der Waals surface area contributed by atoms with Gasteiger partial charge in [-0.05, 0) is 49.1 Å². The molecule has 172 valence electrons. The first-order chi connectivity index (χ1) is 16.5. The van der Waals surface area contributed by atoms with Crippen LogP contribution in [0.25, 0.3) is 33.3 Å². The molecule has 0 saturated carbocycles. The molecule has 0 fully saturated rings. The van der Waals surface area contributed by atoms with Gasteiger partial charge in [0.05, 0.1) is 12.3 Å². The van der Waals surface area contributed by atoms with Crippen molar-refractivity contribution in [1.29, 1.82) is 0 Å². The van der Waals surface area contributed by atoms with Gasteiger partial charge in [0.1, 0.15) is 11.3 Å². The highest BCUT2D eigenvalue weighted by molar-refractivity contribution is 5.95. The third-order valence-corrected chi connectivity index (χ3v) is 6.11. The summed E-state index contributed by atoms with van der Waals surface area (Å²) in [6, 6.07) is 19.2. The summed E-state index contributed by atoms with van der Waals surface area (Å²) in [7, 11) is 0. The van der Waals surface area contributed by atoms with Crippen molar-refractivity contribution in [3.05, 3.63) is 99.7 Å². The van der Waals surface area contributed by atoms with Crippen molar-refractivity contribution in [3.8, 4) is 11.3 Å². The van der Waals surface area contributed by atoms with E-state index in [-0.39, 0.29) is 12.6 Å². The van der Waals surface area contributed by atoms with E-state index in [9.17, 15) is 9.90 Å². The first-order valence-corrected chi connectivity index (χ1v) is 11.3. The number of furan rings is 1. The van der Waals surface area contributed by atoms with Gasteiger partial charge in [0, 0.05) is 41.2 Å². The smallest absolute Gasteiger partial charge is 0.336 e. The van der Waals surface area contributed by atoms with Gasteiger partial charge in [0.15, 0.2) is 5.58 Å². The Labute approximate surface area is 196 Å². The zero-order valence-corrected chi connectivity index (χ0v) is 19.2. The average molecular weight is 455 g/mol. The summed E-state index contributed by atoms with van der Waals surface area (Å²) in [6.07, 6.45) is 2.56. The van der Waals surface area contributed by atoms with Gasteiger partial charge in [-0.3, -0.25) is 4.98 Å². The van der Waals surface area contributed by atoms with E-state index in [4.69, 9.17) is 8.83 Å². The first kappa shape index (κ1) is 22.1. The molecule has 6 heteroatoms. The SMILES string of the molecule is Cc1ccc2c(-c3cc4c(CN[C@H](CO)Cc5ccccc5)cnc(C)c4o3)cc(=O)oc2c1. The van der Waals surface area contributed by atoms with Crippen LogP contribution in [0.5, 0.6) is 0 Å². The molecular weight excluding hydrogens is 428 g/mol. The van der Waals surface area contributed by atoms with Crippen LogP contribution in [0, 0.1) is 13.8 Å². The minimum atomic E-state index is -0.419. The number of pyridine rings is 1. The number of hydrogen-bond acceptors (Lipinski definition) is 6. The number of hydrogen-bond donors (Lipinski definition) is 2. The molecule has 0 amide bonds. The van der Waals surface area contributed by atoms with Crippen LogP contribution in [-0.4, -0.2) is 22.7 Å². The second kappa shape index (κ2) is 9.25.